The monoisotopic (exact) mass is 381 g/mol. The van der Waals surface area contributed by atoms with Crippen LogP contribution >= 0.6 is 0 Å². The minimum Gasteiger partial charge on any atom is -0.456 e. The standard InChI is InChI=1S/C20H19N3O5/c1-12-5-6-16-15(9-12)19(2,3)20(21(16)4)8-7-13-10-14(22(24)25)11-17(23(26)27)18(13)28-20/h5-11H,1-4H3. The second-order valence-electron chi connectivity index (χ2n) is 7.73. The van der Waals surface area contributed by atoms with Crippen LogP contribution in [0.15, 0.2) is 36.4 Å². The van der Waals surface area contributed by atoms with E-state index in [1.165, 1.54) is 6.07 Å². The third-order valence-corrected chi connectivity index (χ3v) is 5.82. The highest BCUT2D eigenvalue weighted by molar-refractivity contribution is 5.76. The number of hydrogen-bond donors (Lipinski definition) is 0. The molecular weight excluding hydrogens is 362 g/mol. The third kappa shape index (κ3) is 2.17. The van der Waals surface area contributed by atoms with Crippen molar-refractivity contribution in [3.8, 4) is 5.75 Å². The Kier molecular flexibility index (Phi) is 3.56. The van der Waals surface area contributed by atoms with E-state index in [0.29, 0.717) is 5.56 Å². The van der Waals surface area contributed by atoms with Gasteiger partial charge >= 0.3 is 5.69 Å². The Morgan fingerprint density at radius 3 is 2.43 bits per heavy atom. The van der Waals surface area contributed by atoms with Crippen LogP contribution in [0.2, 0.25) is 0 Å². The minimum absolute atomic E-state index is 0.0440. The van der Waals surface area contributed by atoms with Crippen molar-refractivity contribution < 1.29 is 14.6 Å². The lowest BCUT2D eigenvalue weighted by molar-refractivity contribution is -0.395. The number of hydrogen-bond acceptors (Lipinski definition) is 6. The van der Waals surface area contributed by atoms with E-state index in [2.05, 4.69) is 6.07 Å². The first-order valence-electron chi connectivity index (χ1n) is 8.78. The maximum Gasteiger partial charge on any atom is 0.318 e. The summed E-state index contributed by atoms with van der Waals surface area (Å²) >= 11 is 0. The Bertz CT molecular complexity index is 1080. The molecule has 8 nitrogen and oxygen atoms in total. The van der Waals surface area contributed by atoms with Gasteiger partial charge in [0.05, 0.1) is 21.3 Å². The lowest BCUT2D eigenvalue weighted by Gasteiger charge is -2.45. The van der Waals surface area contributed by atoms with Gasteiger partial charge < -0.3 is 9.64 Å². The maximum absolute atomic E-state index is 11.6. The lowest BCUT2D eigenvalue weighted by Crippen LogP contribution is -2.58. The Labute approximate surface area is 161 Å². The summed E-state index contributed by atoms with van der Waals surface area (Å²) < 4.78 is 6.33. The molecule has 0 saturated carbocycles. The fraction of sp³-hybridized carbons (Fsp3) is 0.300. The number of non-ortho nitro benzene ring substituents is 1. The molecule has 2 heterocycles. The Morgan fingerprint density at radius 1 is 1.07 bits per heavy atom. The summed E-state index contributed by atoms with van der Waals surface area (Å²) in [7, 11) is 1.88. The van der Waals surface area contributed by atoms with Crippen molar-refractivity contribution in [2.75, 3.05) is 11.9 Å². The molecule has 0 saturated heterocycles. The largest absolute Gasteiger partial charge is 0.456 e. The summed E-state index contributed by atoms with van der Waals surface area (Å²) in [4.78, 5) is 23.5. The number of fused-ring (bicyclic) bond motifs is 2. The first kappa shape index (κ1) is 18.0. The summed E-state index contributed by atoms with van der Waals surface area (Å²) in [6.45, 7) is 6.07. The molecule has 2 aliphatic rings. The van der Waals surface area contributed by atoms with Crippen LogP contribution in [0.1, 0.15) is 30.5 Å². The van der Waals surface area contributed by atoms with Crippen molar-refractivity contribution >= 4 is 23.1 Å². The van der Waals surface area contributed by atoms with Gasteiger partial charge in [0.2, 0.25) is 11.5 Å². The number of nitro benzene ring substituents is 2. The van der Waals surface area contributed by atoms with Crippen LogP contribution in [0.5, 0.6) is 5.75 Å². The summed E-state index contributed by atoms with van der Waals surface area (Å²) in [5.41, 5.74) is 1.23. The second kappa shape index (κ2) is 5.54. The van der Waals surface area contributed by atoms with E-state index in [1.807, 2.05) is 50.9 Å². The summed E-state index contributed by atoms with van der Waals surface area (Å²) in [5, 5.41) is 22.8. The number of ether oxygens (including phenoxy) is 1. The predicted octanol–water partition coefficient (Wildman–Crippen LogP) is 4.34. The van der Waals surface area contributed by atoms with E-state index in [4.69, 9.17) is 4.74 Å². The van der Waals surface area contributed by atoms with Crippen molar-refractivity contribution in [2.24, 2.45) is 0 Å². The Balaban J connectivity index is 1.92. The van der Waals surface area contributed by atoms with Crippen LogP contribution in [0, 0.1) is 27.2 Å². The maximum atomic E-state index is 11.6. The van der Waals surface area contributed by atoms with Gasteiger partial charge in [-0.25, -0.2) is 0 Å². The zero-order valence-corrected chi connectivity index (χ0v) is 15.9. The molecular formula is C20H19N3O5. The van der Waals surface area contributed by atoms with Crippen LogP contribution in [-0.2, 0) is 5.41 Å². The third-order valence-electron chi connectivity index (χ3n) is 5.82. The summed E-state index contributed by atoms with van der Waals surface area (Å²) in [6.07, 6.45) is 3.51. The molecule has 2 aromatic carbocycles. The molecule has 4 rings (SSSR count). The van der Waals surface area contributed by atoms with Crippen molar-refractivity contribution in [3.63, 3.8) is 0 Å². The van der Waals surface area contributed by atoms with Gasteiger partial charge in [0, 0.05) is 24.4 Å². The minimum atomic E-state index is -0.989. The van der Waals surface area contributed by atoms with Gasteiger partial charge in [-0.3, -0.25) is 20.2 Å². The molecule has 2 aromatic rings. The fourth-order valence-electron chi connectivity index (χ4n) is 4.24. The van der Waals surface area contributed by atoms with Crippen molar-refractivity contribution in [1.29, 1.82) is 0 Å². The molecule has 0 fully saturated rings. The molecule has 1 atom stereocenters. The number of aryl methyl sites for hydroxylation is 1. The molecule has 0 aliphatic carbocycles. The quantitative estimate of drug-likeness (QED) is 0.567. The normalized spacial score (nSPS) is 21.2. The number of likely N-dealkylation sites (N-methyl/N-ethyl adjacent to an activating group) is 1. The van der Waals surface area contributed by atoms with E-state index < -0.39 is 26.7 Å². The predicted molar refractivity (Wildman–Crippen MR) is 105 cm³/mol. The van der Waals surface area contributed by atoms with Gasteiger partial charge in [-0.2, -0.15) is 0 Å². The van der Waals surface area contributed by atoms with Crippen molar-refractivity contribution in [3.05, 3.63) is 73.3 Å². The SMILES string of the molecule is Cc1ccc2c(c1)C(C)(C)C1(C=Cc3cc([N+](=O)[O-])cc([N+](=O)[O-])c3O1)N2C. The highest BCUT2D eigenvalue weighted by Gasteiger charge is 2.58. The topological polar surface area (TPSA) is 98.8 Å². The van der Waals surface area contributed by atoms with Crippen LogP contribution < -0.4 is 9.64 Å². The number of nitro groups is 2. The zero-order chi connectivity index (χ0) is 20.4. The number of nitrogens with zero attached hydrogens (tertiary/aromatic N) is 3. The molecule has 0 bridgehead atoms. The number of benzene rings is 2. The van der Waals surface area contributed by atoms with Crippen molar-refractivity contribution in [1.82, 2.24) is 0 Å². The first-order valence-corrected chi connectivity index (χ1v) is 8.78. The Morgan fingerprint density at radius 2 is 1.79 bits per heavy atom. The summed E-state index contributed by atoms with van der Waals surface area (Å²) in [5.74, 6) is 0.0440. The van der Waals surface area contributed by atoms with Gasteiger partial charge in [-0.15, -0.1) is 0 Å². The molecule has 0 N–H and O–H groups in total. The molecule has 0 amide bonds. The van der Waals surface area contributed by atoms with E-state index >= 15 is 0 Å². The van der Waals surface area contributed by atoms with Gasteiger partial charge in [0.15, 0.2) is 0 Å². The molecule has 8 heteroatoms. The van der Waals surface area contributed by atoms with Crippen LogP contribution in [0.25, 0.3) is 6.08 Å². The highest BCUT2D eigenvalue weighted by atomic mass is 16.6. The number of rotatable bonds is 2. The molecule has 1 spiro atoms. The van der Waals surface area contributed by atoms with E-state index in [9.17, 15) is 20.2 Å². The molecule has 0 aromatic heterocycles. The van der Waals surface area contributed by atoms with Crippen molar-refractivity contribution in [2.45, 2.75) is 31.9 Å². The average Bonchev–Trinajstić information content (AvgIpc) is 2.79. The van der Waals surface area contributed by atoms with E-state index in [1.54, 1.807) is 6.08 Å². The molecule has 0 radical (unpaired) electrons. The zero-order valence-electron chi connectivity index (χ0n) is 15.9. The van der Waals surface area contributed by atoms with Gasteiger partial charge in [-0.05, 0) is 44.6 Å². The highest BCUT2D eigenvalue weighted by Crippen LogP contribution is 2.55. The summed E-state index contributed by atoms with van der Waals surface area (Å²) in [6, 6.07) is 8.36. The van der Waals surface area contributed by atoms with Crippen LogP contribution in [-0.4, -0.2) is 22.6 Å². The molecule has 2 aliphatic heterocycles. The fourth-order valence-corrected chi connectivity index (χ4v) is 4.24. The van der Waals surface area contributed by atoms with Gasteiger partial charge in [0.1, 0.15) is 0 Å². The molecule has 144 valence electrons. The van der Waals surface area contributed by atoms with E-state index in [0.717, 1.165) is 22.9 Å². The average molecular weight is 381 g/mol. The Hall–Kier alpha value is -3.42. The van der Waals surface area contributed by atoms with Gasteiger partial charge in [0.25, 0.3) is 5.69 Å². The van der Waals surface area contributed by atoms with Crippen LogP contribution in [0.3, 0.4) is 0 Å². The first-order chi connectivity index (χ1) is 13.1. The number of anilines is 1. The second-order valence-corrected chi connectivity index (χ2v) is 7.73. The smallest absolute Gasteiger partial charge is 0.318 e. The van der Waals surface area contributed by atoms with Crippen LogP contribution in [0.4, 0.5) is 17.1 Å². The lowest BCUT2D eigenvalue weighted by atomic mass is 9.76. The molecule has 28 heavy (non-hydrogen) atoms. The van der Waals surface area contributed by atoms with E-state index in [-0.39, 0.29) is 11.4 Å². The molecule has 1 unspecified atom stereocenters. The van der Waals surface area contributed by atoms with Gasteiger partial charge in [-0.1, -0.05) is 17.7 Å².